The molecule has 0 spiro atoms. The van der Waals surface area contributed by atoms with Crippen molar-refractivity contribution in [1.29, 1.82) is 0 Å². The van der Waals surface area contributed by atoms with Gasteiger partial charge in [-0.05, 0) is 98.5 Å². The minimum atomic E-state index is -0.490. The molecule has 0 aromatic heterocycles. The highest BCUT2D eigenvalue weighted by molar-refractivity contribution is 5.92. The molecule has 12 heteroatoms. The number of esters is 2. The Labute approximate surface area is 309 Å². The molecule has 2 amide bonds. The maximum Gasteiger partial charge on any atom is 0.343 e. The number of ether oxygens (including phenoxy) is 4. The first kappa shape index (κ1) is 39.5. The Kier molecular flexibility index (Phi) is 16.3. The van der Waals surface area contributed by atoms with Crippen LogP contribution in [0, 0.1) is 0 Å². The third-order valence-corrected chi connectivity index (χ3v) is 7.57. The fourth-order valence-electron chi connectivity index (χ4n) is 4.95. The average molecular weight is 721 g/mol. The van der Waals surface area contributed by atoms with Gasteiger partial charge in [-0.1, -0.05) is 55.7 Å². The SMILES string of the molecule is CCOc1cc(/C=N/NC(=O)CCCCCCCC(=O)N/N=C/c2ccc(OC(=O)c3ccccc3)c(OCC)c2)ccc1OC(=O)c1ccccc1. The lowest BCUT2D eigenvalue weighted by Crippen LogP contribution is -2.17. The minimum Gasteiger partial charge on any atom is -0.490 e. The monoisotopic (exact) mass is 720 g/mol. The number of nitrogens with one attached hydrogen (secondary N) is 2. The van der Waals surface area contributed by atoms with Gasteiger partial charge in [0.2, 0.25) is 11.8 Å². The second-order valence-electron chi connectivity index (χ2n) is 11.6. The van der Waals surface area contributed by atoms with Crippen LogP contribution in [0.2, 0.25) is 0 Å². The van der Waals surface area contributed by atoms with Gasteiger partial charge in [-0.25, -0.2) is 20.4 Å². The summed E-state index contributed by atoms with van der Waals surface area (Å²) < 4.78 is 22.3. The lowest BCUT2D eigenvalue weighted by molar-refractivity contribution is -0.121. The first-order chi connectivity index (χ1) is 25.9. The highest BCUT2D eigenvalue weighted by Crippen LogP contribution is 2.30. The van der Waals surface area contributed by atoms with Gasteiger partial charge in [0, 0.05) is 12.8 Å². The summed E-state index contributed by atoms with van der Waals surface area (Å²) in [5, 5.41) is 8.08. The van der Waals surface area contributed by atoms with Crippen molar-refractivity contribution in [3.05, 3.63) is 119 Å². The smallest absolute Gasteiger partial charge is 0.343 e. The van der Waals surface area contributed by atoms with Crippen molar-refractivity contribution in [3.63, 3.8) is 0 Å². The number of nitrogens with zero attached hydrogens (tertiary/aromatic N) is 2. The summed E-state index contributed by atoms with van der Waals surface area (Å²) in [6.07, 6.45) is 7.61. The van der Waals surface area contributed by atoms with E-state index >= 15 is 0 Å². The second kappa shape index (κ2) is 21.8. The average Bonchev–Trinajstić information content (AvgIpc) is 3.17. The van der Waals surface area contributed by atoms with E-state index in [4.69, 9.17) is 18.9 Å². The number of hydrogen-bond donors (Lipinski definition) is 2. The first-order valence-electron chi connectivity index (χ1n) is 17.6. The van der Waals surface area contributed by atoms with E-state index in [1.165, 1.54) is 12.4 Å². The van der Waals surface area contributed by atoms with E-state index in [1.54, 1.807) is 84.9 Å². The van der Waals surface area contributed by atoms with Crippen molar-refractivity contribution in [2.45, 2.75) is 58.8 Å². The van der Waals surface area contributed by atoms with Crippen molar-refractivity contribution in [2.75, 3.05) is 13.2 Å². The predicted molar refractivity (Wildman–Crippen MR) is 202 cm³/mol. The number of amides is 2. The zero-order valence-electron chi connectivity index (χ0n) is 29.9. The van der Waals surface area contributed by atoms with Crippen LogP contribution in [0.25, 0.3) is 0 Å². The van der Waals surface area contributed by atoms with Gasteiger partial charge < -0.3 is 18.9 Å². The van der Waals surface area contributed by atoms with Gasteiger partial charge in [-0.3, -0.25) is 9.59 Å². The molecular formula is C41H44N4O8. The van der Waals surface area contributed by atoms with Gasteiger partial charge in [0.25, 0.3) is 0 Å². The molecule has 4 aromatic rings. The molecular weight excluding hydrogens is 676 g/mol. The Morgan fingerprint density at radius 1 is 0.528 bits per heavy atom. The molecule has 276 valence electrons. The molecule has 0 fully saturated rings. The molecule has 0 atom stereocenters. The molecule has 0 saturated carbocycles. The van der Waals surface area contributed by atoms with Crippen LogP contribution < -0.4 is 29.8 Å². The van der Waals surface area contributed by atoms with Gasteiger partial charge in [-0.15, -0.1) is 0 Å². The number of carbonyl (C=O) groups excluding carboxylic acids is 4. The molecule has 0 unspecified atom stereocenters. The van der Waals surface area contributed by atoms with Crippen LogP contribution in [0.1, 0.15) is 90.6 Å². The third-order valence-electron chi connectivity index (χ3n) is 7.57. The van der Waals surface area contributed by atoms with Crippen LogP contribution in [-0.4, -0.2) is 49.4 Å². The molecule has 0 bridgehead atoms. The number of hydrogen-bond acceptors (Lipinski definition) is 10. The largest absolute Gasteiger partial charge is 0.490 e. The molecule has 0 radical (unpaired) electrons. The molecule has 0 aliphatic rings. The maximum absolute atomic E-state index is 12.5. The van der Waals surface area contributed by atoms with Gasteiger partial charge in [0.15, 0.2) is 23.0 Å². The normalized spacial score (nSPS) is 10.9. The molecule has 53 heavy (non-hydrogen) atoms. The molecule has 0 heterocycles. The summed E-state index contributed by atoms with van der Waals surface area (Å²) in [7, 11) is 0. The van der Waals surface area contributed by atoms with Crippen LogP contribution in [0.5, 0.6) is 23.0 Å². The van der Waals surface area contributed by atoms with E-state index in [0.29, 0.717) is 72.6 Å². The molecule has 0 saturated heterocycles. The van der Waals surface area contributed by atoms with Gasteiger partial charge >= 0.3 is 11.9 Å². The summed E-state index contributed by atoms with van der Waals surface area (Å²) in [6, 6.07) is 27.4. The molecule has 2 N–H and O–H groups in total. The van der Waals surface area contributed by atoms with E-state index in [2.05, 4.69) is 21.1 Å². The van der Waals surface area contributed by atoms with Crippen LogP contribution in [0.15, 0.2) is 107 Å². The van der Waals surface area contributed by atoms with Crippen LogP contribution in [-0.2, 0) is 9.59 Å². The molecule has 0 aliphatic carbocycles. The van der Waals surface area contributed by atoms with E-state index < -0.39 is 11.9 Å². The third kappa shape index (κ3) is 13.7. The predicted octanol–water partition coefficient (Wildman–Crippen LogP) is 7.25. The van der Waals surface area contributed by atoms with E-state index in [0.717, 1.165) is 19.3 Å². The van der Waals surface area contributed by atoms with Crippen LogP contribution in [0.3, 0.4) is 0 Å². The Hall–Kier alpha value is -6.30. The fourth-order valence-corrected chi connectivity index (χ4v) is 4.95. The highest BCUT2D eigenvalue weighted by atomic mass is 16.6. The van der Waals surface area contributed by atoms with Crippen molar-refractivity contribution in [3.8, 4) is 23.0 Å². The lowest BCUT2D eigenvalue weighted by atomic mass is 10.1. The topological polar surface area (TPSA) is 154 Å². The standard InChI is InChI=1S/C41H44N4O8/c1-3-50-36-26-30(22-24-34(36)52-40(48)32-16-10-8-11-17-32)28-42-44-38(46)20-14-6-5-7-15-21-39(47)45-43-29-31-23-25-35(37(27-31)51-4-2)53-41(49)33-18-12-9-13-19-33/h8-13,16-19,22-29H,3-7,14-15,20-21H2,1-2H3,(H,44,46)(H,45,47)/b42-28+,43-29+. The van der Waals surface area contributed by atoms with Crippen molar-refractivity contribution in [2.24, 2.45) is 10.2 Å². The summed E-state index contributed by atoms with van der Waals surface area (Å²) in [4.78, 5) is 49.4. The van der Waals surface area contributed by atoms with Gasteiger partial charge in [0.1, 0.15) is 0 Å². The number of rotatable bonds is 20. The summed E-state index contributed by atoms with van der Waals surface area (Å²) in [5.74, 6) is -0.0241. The zero-order valence-corrected chi connectivity index (χ0v) is 29.9. The highest BCUT2D eigenvalue weighted by Gasteiger charge is 2.14. The number of unbranched alkanes of at least 4 members (excludes halogenated alkanes) is 4. The fraction of sp³-hybridized carbons (Fsp3) is 0.268. The Bertz CT molecular complexity index is 1730. The Morgan fingerprint density at radius 3 is 1.32 bits per heavy atom. The van der Waals surface area contributed by atoms with Gasteiger partial charge in [-0.2, -0.15) is 10.2 Å². The summed E-state index contributed by atoms with van der Waals surface area (Å²) in [6.45, 7) is 4.41. The summed E-state index contributed by atoms with van der Waals surface area (Å²) >= 11 is 0. The van der Waals surface area contributed by atoms with E-state index in [1.807, 2.05) is 26.0 Å². The van der Waals surface area contributed by atoms with Crippen LogP contribution in [0.4, 0.5) is 0 Å². The maximum atomic E-state index is 12.5. The van der Waals surface area contributed by atoms with Crippen molar-refractivity contribution >= 4 is 36.2 Å². The molecule has 4 aromatic carbocycles. The number of benzene rings is 4. The molecule has 12 nitrogen and oxygen atoms in total. The second-order valence-corrected chi connectivity index (χ2v) is 11.6. The molecule has 4 rings (SSSR count). The number of carbonyl (C=O) groups is 4. The van der Waals surface area contributed by atoms with Crippen molar-refractivity contribution < 1.29 is 38.1 Å². The Balaban J connectivity index is 1.09. The van der Waals surface area contributed by atoms with E-state index in [-0.39, 0.29) is 23.3 Å². The Morgan fingerprint density at radius 2 is 0.925 bits per heavy atom. The van der Waals surface area contributed by atoms with Gasteiger partial charge in [0.05, 0.1) is 36.8 Å². The lowest BCUT2D eigenvalue weighted by Gasteiger charge is -2.11. The molecule has 0 aliphatic heterocycles. The zero-order chi connectivity index (χ0) is 37.7. The van der Waals surface area contributed by atoms with Crippen LogP contribution >= 0.6 is 0 Å². The van der Waals surface area contributed by atoms with E-state index in [9.17, 15) is 19.2 Å². The summed E-state index contributed by atoms with van der Waals surface area (Å²) in [5.41, 5.74) is 7.26. The minimum absolute atomic E-state index is 0.201. The first-order valence-corrected chi connectivity index (χ1v) is 17.6. The van der Waals surface area contributed by atoms with Crippen molar-refractivity contribution in [1.82, 2.24) is 10.9 Å². The number of hydrazone groups is 2. The quantitative estimate of drug-likeness (QED) is 0.0318.